The van der Waals surface area contributed by atoms with Crippen LogP contribution in [0, 0.1) is 17.2 Å². The molecule has 0 saturated heterocycles. The summed E-state index contributed by atoms with van der Waals surface area (Å²) in [6.45, 7) is 3.44. The Morgan fingerprint density at radius 1 is 1.53 bits per heavy atom. The normalized spacial score (nSPS) is 11.3. The number of phenols is 1. The number of carbonyl (C=O) groups excluding carboxylic acids is 1. The van der Waals surface area contributed by atoms with E-state index >= 15 is 0 Å². The molecule has 4 nitrogen and oxygen atoms in total. The van der Waals surface area contributed by atoms with Gasteiger partial charge in [0.1, 0.15) is 6.07 Å². The molecule has 0 atom stereocenters. The van der Waals surface area contributed by atoms with Crippen LogP contribution in [0.2, 0.25) is 5.02 Å². The second kappa shape index (κ2) is 6.26. The van der Waals surface area contributed by atoms with Gasteiger partial charge in [-0.15, -0.1) is 0 Å². The largest absolute Gasteiger partial charge is 0.503 e. The number of ether oxygens (including phenoxy) is 1. The van der Waals surface area contributed by atoms with Crippen molar-refractivity contribution in [1.82, 2.24) is 0 Å². The van der Waals surface area contributed by atoms with Gasteiger partial charge in [0.25, 0.3) is 0 Å². The minimum atomic E-state index is -0.264. The van der Waals surface area contributed by atoms with E-state index in [4.69, 9.17) is 21.6 Å². The summed E-state index contributed by atoms with van der Waals surface area (Å²) < 4.78 is 4.96. The number of hydrogen-bond donors (Lipinski definition) is 1. The molecule has 0 aliphatic carbocycles. The lowest BCUT2D eigenvalue weighted by Gasteiger charge is -2.07. The summed E-state index contributed by atoms with van der Waals surface area (Å²) in [6.07, 6.45) is 1.43. The van der Waals surface area contributed by atoms with Crippen LogP contribution in [-0.2, 0) is 4.79 Å². The van der Waals surface area contributed by atoms with Gasteiger partial charge in [-0.1, -0.05) is 25.4 Å². The molecular weight excluding hydrogens is 266 g/mol. The molecule has 0 aliphatic heterocycles. The van der Waals surface area contributed by atoms with Gasteiger partial charge >= 0.3 is 0 Å². The molecule has 0 aliphatic rings. The summed E-state index contributed by atoms with van der Waals surface area (Å²) in [5, 5.41) is 18.7. The maximum absolute atomic E-state index is 11.8. The number of hydrogen-bond acceptors (Lipinski definition) is 4. The predicted molar refractivity (Wildman–Crippen MR) is 73.1 cm³/mol. The molecule has 0 radical (unpaired) electrons. The van der Waals surface area contributed by atoms with E-state index in [2.05, 4.69) is 0 Å². The van der Waals surface area contributed by atoms with E-state index in [9.17, 15) is 9.90 Å². The average molecular weight is 280 g/mol. The lowest BCUT2D eigenvalue weighted by Crippen LogP contribution is -2.08. The Morgan fingerprint density at radius 3 is 2.63 bits per heavy atom. The molecular formula is C14H14ClNO3. The predicted octanol–water partition coefficient (Wildman–Crippen LogP) is 3.19. The summed E-state index contributed by atoms with van der Waals surface area (Å²) in [6, 6.07) is 4.84. The lowest BCUT2D eigenvalue weighted by atomic mass is 10.00. The summed E-state index contributed by atoms with van der Waals surface area (Å²) in [5.74, 6) is -0.492. The first-order valence-corrected chi connectivity index (χ1v) is 6.01. The first kappa shape index (κ1) is 15.1. The number of benzene rings is 1. The van der Waals surface area contributed by atoms with Crippen molar-refractivity contribution in [3.63, 3.8) is 0 Å². The number of ketones is 1. The highest BCUT2D eigenvalue weighted by Gasteiger charge is 2.14. The van der Waals surface area contributed by atoms with Crippen molar-refractivity contribution in [2.45, 2.75) is 13.8 Å². The number of phenolic OH excluding ortho intramolecular Hbond substituents is 1. The SMILES string of the molecule is COc1cc(C=C(C#N)C(=O)C(C)C)cc(Cl)c1O. The Balaban J connectivity index is 3.28. The highest BCUT2D eigenvalue weighted by Crippen LogP contribution is 2.35. The number of nitrogens with zero attached hydrogens (tertiary/aromatic N) is 1. The van der Waals surface area contributed by atoms with Gasteiger partial charge in [-0.25, -0.2) is 0 Å². The van der Waals surface area contributed by atoms with Crippen LogP contribution in [0.1, 0.15) is 19.4 Å². The molecule has 0 heterocycles. The molecule has 0 unspecified atom stereocenters. The van der Waals surface area contributed by atoms with E-state index < -0.39 is 0 Å². The Kier molecular flexibility index (Phi) is 4.96. The van der Waals surface area contributed by atoms with Crippen molar-refractivity contribution in [1.29, 1.82) is 5.26 Å². The molecule has 0 fully saturated rings. The quantitative estimate of drug-likeness (QED) is 0.679. The number of nitriles is 1. The molecule has 0 spiro atoms. The topological polar surface area (TPSA) is 70.3 Å². The van der Waals surface area contributed by atoms with Gasteiger partial charge in [0, 0.05) is 5.92 Å². The zero-order valence-corrected chi connectivity index (χ0v) is 11.7. The molecule has 0 aromatic heterocycles. The molecule has 19 heavy (non-hydrogen) atoms. The molecule has 100 valence electrons. The van der Waals surface area contributed by atoms with Gasteiger partial charge < -0.3 is 9.84 Å². The van der Waals surface area contributed by atoms with Gasteiger partial charge in [-0.3, -0.25) is 4.79 Å². The van der Waals surface area contributed by atoms with Gasteiger partial charge in [0.2, 0.25) is 0 Å². The first-order valence-electron chi connectivity index (χ1n) is 5.63. The van der Waals surface area contributed by atoms with Crippen LogP contribution in [0.3, 0.4) is 0 Å². The molecule has 1 aromatic carbocycles. The van der Waals surface area contributed by atoms with E-state index in [0.29, 0.717) is 5.56 Å². The zero-order valence-electron chi connectivity index (χ0n) is 10.9. The number of carbonyl (C=O) groups is 1. The third-order valence-electron chi connectivity index (χ3n) is 2.49. The fraction of sp³-hybridized carbons (Fsp3) is 0.286. The van der Waals surface area contributed by atoms with Crippen molar-refractivity contribution < 1.29 is 14.6 Å². The van der Waals surface area contributed by atoms with Crippen LogP contribution in [0.5, 0.6) is 11.5 Å². The summed E-state index contributed by atoms with van der Waals surface area (Å²) in [4.78, 5) is 11.8. The standard InChI is InChI=1S/C14H14ClNO3/c1-8(2)13(17)10(7-16)4-9-5-11(15)14(18)12(6-9)19-3/h4-6,8,18H,1-3H3. The molecule has 0 saturated carbocycles. The first-order chi connectivity index (χ1) is 8.90. The number of methoxy groups -OCH3 is 1. The van der Waals surface area contributed by atoms with E-state index in [1.165, 1.54) is 25.3 Å². The van der Waals surface area contributed by atoms with Gasteiger partial charge in [0.05, 0.1) is 17.7 Å². The van der Waals surface area contributed by atoms with Crippen molar-refractivity contribution in [3.8, 4) is 17.6 Å². The number of halogens is 1. The summed E-state index contributed by atoms with van der Waals surface area (Å²) in [7, 11) is 1.39. The van der Waals surface area contributed by atoms with Crippen LogP contribution < -0.4 is 4.74 Å². The van der Waals surface area contributed by atoms with Crippen LogP contribution in [0.25, 0.3) is 6.08 Å². The maximum Gasteiger partial charge on any atom is 0.176 e. The zero-order chi connectivity index (χ0) is 14.6. The Hall–Kier alpha value is -1.99. The minimum Gasteiger partial charge on any atom is -0.503 e. The molecule has 1 rings (SSSR count). The second-order valence-electron chi connectivity index (χ2n) is 4.24. The van der Waals surface area contributed by atoms with Crippen LogP contribution >= 0.6 is 11.6 Å². The van der Waals surface area contributed by atoms with Gasteiger partial charge in [-0.2, -0.15) is 5.26 Å². The van der Waals surface area contributed by atoms with Crippen LogP contribution in [0.15, 0.2) is 17.7 Å². The molecule has 5 heteroatoms. The molecule has 0 bridgehead atoms. The molecule has 0 amide bonds. The average Bonchev–Trinajstić information content (AvgIpc) is 2.38. The number of rotatable bonds is 4. The maximum atomic E-state index is 11.8. The minimum absolute atomic E-state index is 0.0406. The van der Waals surface area contributed by atoms with Crippen LogP contribution in [0.4, 0.5) is 0 Å². The number of aromatic hydroxyl groups is 1. The highest BCUT2D eigenvalue weighted by molar-refractivity contribution is 6.32. The van der Waals surface area contributed by atoms with Crippen LogP contribution in [-0.4, -0.2) is 18.0 Å². The van der Waals surface area contributed by atoms with Crippen molar-refractivity contribution in [3.05, 3.63) is 28.3 Å². The van der Waals surface area contributed by atoms with E-state index in [-0.39, 0.29) is 33.8 Å². The third kappa shape index (κ3) is 3.49. The van der Waals surface area contributed by atoms with Crippen molar-refractivity contribution in [2.24, 2.45) is 5.92 Å². The fourth-order valence-corrected chi connectivity index (χ4v) is 1.69. The van der Waals surface area contributed by atoms with E-state index in [1.54, 1.807) is 13.8 Å². The number of Topliss-reactive ketones (excluding diaryl/α,β-unsaturated/α-hetero) is 1. The lowest BCUT2D eigenvalue weighted by molar-refractivity contribution is -0.117. The summed E-state index contributed by atoms with van der Waals surface area (Å²) in [5.41, 5.74) is 0.559. The molecule has 1 N–H and O–H groups in total. The monoisotopic (exact) mass is 279 g/mol. The third-order valence-corrected chi connectivity index (χ3v) is 2.78. The highest BCUT2D eigenvalue weighted by atomic mass is 35.5. The smallest absolute Gasteiger partial charge is 0.176 e. The Morgan fingerprint density at radius 2 is 2.16 bits per heavy atom. The van der Waals surface area contributed by atoms with E-state index in [1.807, 2.05) is 6.07 Å². The van der Waals surface area contributed by atoms with Gasteiger partial charge in [0.15, 0.2) is 17.3 Å². The fourth-order valence-electron chi connectivity index (χ4n) is 1.47. The van der Waals surface area contributed by atoms with Crippen molar-refractivity contribution in [2.75, 3.05) is 7.11 Å². The Labute approximate surface area is 116 Å². The molecule has 1 aromatic rings. The second-order valence-corrected chi connectivity index (χ2v) is 4.65. The Bertz CT molecular complexity index is 571. The summed E-state index contributed by atoms with van der Waals surface area (Å²) >= 11 is 5.84. The number of allylic oxidation sites excluding steroid dienone is 1. The van der Waals surface area contributed by atoms with Gasteiger partial charge in [-0.05, 0) is 23.8 Å². The van der Waals surface area contributed by atoms with E-state index in [0.717, 1.165) is 0 Å². The van der Waals surface area contributed by atoms with Crippen molar-refractivity contribution >= 4 is 23.5 Å².